The van der Waals surface area contributed by atoms with E-state index >= 15 is 0 Å². The van der Waals surface area contributed by atoms with Crippen LogP contribution in [0, 0.1) is 23.4 Å². The van der Waals surface area contributed by atoms with Gasteiger partial charge >= 0.3 is 12.1 Å². The Morgan fingerprint density at radius 2 is 1.74 bits per heavy atom. The molecule has 0 aliphatic heterocycles. The number of halogens is 6. The molecular weight excluding hydrogens is 278 g/mol. The molecule has 0 spiro atoms. The number of carboxylic acid groups (broad SMARTS) is 1. The molecule has 8 heteroatoms. The lowest BCUT2D eigenvalue weighted by atomic mass is 9.95. The first-order valence-corrected chi connectivity index (χ1v) is 5.03. The van der Waals surface area contributed by atoms with Gasteiger partial charge in [0.05, 0.1) is 12.3 Å². The summed E-state index contributed by atoms with van der Waals surface area (Å²) < 4.78 is 76.3. The Labute approximate surface area is 103 Å². The molecule has 1 unspecified atom stereocenters. The summed E-state index contributed by atoms with van der Waals surface area (Å²) >= 11 is 0. The lowest BCUT2D eigenvalue weighted by Gasteiger charge is -2.18. The summed E-state index contributed by atoms with van der Waals surface area (Å²) in [5.41, 5.74) is -0.720. The summed E-state index contributed by atoms with van der Waals surface area (Å²) in [7, 11) is 0. The molecule has 1 aromatic carbocycles. The number of hydrogen-bond donors (Lipinski definition) is 1. The van der Waals surface area contributed by atoms with Gasteiger partial charge in [-0.25, -0.2) is 13.2 Å². The Morgan fingerprint density at radius 3 is 2.21 bits per heavy atom. The van der Waals surface area contributed by atoms with Crippen LogP contribution in [0.25, 0.3) is 0 Å². The molecule has 0 bridgehead atoms. The van der Waals surface area contributed by atoms with Crippen molar-refractivity contribution in [1.29, 1.82) is 0 Å². The van der Waals surface area contributed by atoms with Gasteiger partial charge in [0.25, 0.3) is 0 Å². The van der Waals surface area contributed by atoms with E-state index in [4.69, 9.17) is 5.11 Å². The number of carboxylic acids is 1. The predicted molar refractivity (Wildman–Crippen MR) is 51.8 cm³/mol. The minimum Gasteiger partial charge on any atom is -0.481 e. The van der Waals surface area contributed by atoms with E-state index in [1.807, 2.05) is 0 Å². The van der Waals surface area contributed by atoms with Crippen molar-refractivity contribution < 1.29 is 36.2 Å². The second-order valence-electron chi connectivity index (χ2n) is 3.87. The van der Waals surface area contributed by atoms with Crippen LogP contribution in [0.2, 0.25) is 0 Å². The van der Waals surface area contributed by atoms with E-state index in [1.54, 1.807) is 0 Å². The van der Waals surface area contributed by atoms with Gasteiger partial charge < -0.3 is 5.11 Å². The van der Waals surface area contributed by atoms with E-state index in [1.165, 1.54) is 0 Å². The molecule has 0 aliphatic carbocycles. The van der Waals surface area contributed by atoms with E-state index in [2.05, 4.69) is 0 Å². The van der Waals surface area contributed by atoms with Gasteiger partial charge in [0, 0.05) is 0 Å². The highest BCUT2D eigenvalue weighted by Crippen LogP contribution is 2.32. The minimum atomic E-state index is -4.88. The van der Waals surface area contributed by atoms with Crippen LogP contribution < -0.4 is 0 Å². The molecule has 106 valence electrons. The Balaban J connectivity index is 3.03. The maximum atomic E-state index is 13.2. The van der Waals surface area contributed by atoms with Gasteiger partial charge in [0.15, 0.2) is 17.5 Å². The normalized spacial score (nSPS) is 13.4. The quantitative estimate of drug-likeness (QED) is 0.681. The van der Waals surface area contributed by atoms with Gasteiger partial charge in [-0.05, 0) is 18.1 Å². The highest BCUT2D eigenvalue weighted by molar-refractivity contribution is 5.67. The van der Waals surface area contributed by atoms with Crippen LogP contribution in [0.1, 0.15) is 12.0 Å². The predicted octanol–water partition coefficient (Wildman–Crippen LogP) is 3.30. The van der Waals surface area contributed by atoms with Crippen molar-refractivity contribution in [1.82, 2.24) is 0 Å². The van der Waals surface area contributed by atoms with Crippen molar-refractivity contribution in [3.05, 3.63) is 35.1 Å². The maximum absolute atomic E-state index is 13.2. The molecule has 19 heavy (non-hydrogen) atoms. The van der Waals surface area contributed by atoms with Gasteiger partial charge in [-0.3, -0.25) is 4.79 Å². The van der Waals surface area contributed by atoms with Gasteiger partial charge in [-0.2, -0.15) is 13.2 Å². The Morgan fingerprint density at radius 1 is 1.16 bits per heavy atom. The van der Waals surface area contributed by atoms with Crippen LogP contribution in [0.4, 0.5) is 26.3 Å². The molecule has 0 aliphatic rings. The molecule has 1 rings (SSSR count). The second kappa shape index (κ2) is 5.50. The summed E-state index contributed by atoms with van der Waals surface area (Å²) in [4.78, 5) is 10.3. The van der Waals surface area contributed by atoms with E-state index in [0.29, 0.717) is 12.1 Å². The average molecular weight is 286 g/mol. The van der Waals surface area contributed by atoms with Crippen LogP contribution in [0.5, 0.6) is 0 Å². The van der Waals surface area contributed by atoms with Crippen LogP contribution >= 0.6 is 0 Å². The van der Waals surface area contributed by atoms with Crippen molar-refractivity contribution in [2.24, 2.45) is 5.92 Å². The first kappa shape index (κ1) is 15.3. The molecule has 0 radical (unpaired) electrons. The third kappa shape index (κ3) is 3.87. The minimum absolute atomic E-state index is 0.488. The van der Waals surface area contributed by atoms with Gasteiger partial charge in [0.2, 0.25) is 0 Å². The Kier molecular flexibility index (Phi) is 4.43. The van der Waals surface area contributed by atoms with Crippen LogP contribution in [0.3, 0.4) is 0 Å². The SMILES string of the molecule is O=C(O)CC(Cc1ccc(F)c(F)c1F)C(F)(F)F. The monoisotopic (exact) mass is 286 g/mol. The Hall–Kier alpha value is -1.73. The van der Waals surface area contributed by atoms with E-state index < -0.39 is 53.9 Å². The summed E-state index contributed by atoms with van der Waals surface area (Å²) in [6.45, 7) is 0. The fraction of sp³-hybridized carbons (Fsp3) is 0.364. The third-order valence-electron chi connectivity index (χ3n) is 2.47. The lowest BCUT2D eigenvalue weighted by molar-refractivity contribution is -0.182. The van der Waals surface area contributed by atoms with Crippen molar-refractivity contribution in [3.63, 3.8) is 0 Å². The number of benzene rings is 1. The standard InChI is InChI=1S/C11H8F6O2/c12-7-2-1-5(9(13)10(7)14)3-6(4-8(18)19)11(15,16)17/h1-2,6H,3-4H2,(H,18,19). The zero-order valence-electron chi connectivity index (χ0n) is 9.27. The molecule has 0 heterocycles. The number of rotatable bonds is 4. The van der Waals surface area contributed by atoms with Crippen molar-refractivity contribution in [3.8, 4) is 0 Å². The van der Waals surface area contributed by atoms with Crippen LogP contribution in [-0.4, -0.2) is 17.3 Å². The molecule has 1 aromatic rings. The van der Waals surface area contributed by atoms with Crippen molar-refractivity contribution in [2.75, 3.05) is 0 Å². The zero-order chi connectivity index (χ0) is 14.8. The van der Waals surface area contributed by atoms with Crippen LogP contribution in [0.15, 0.2) is 12.1 Å². The summed E-state index contributed by atoms with van der Waals surface area (Å²) in [5.74, 6) is -9.23. The molecular formula is C11H8F6O2. The molecule has 1 N–H and O–H groups in total. The zero-order valence-corrected chi connectivity index (χ0v) is 9.27. The molecule has 0 amide bonds. The van der Waals surface area contributed by atoms with Gasteiger partial charge in [-0.15, -0.1) is 0 Å². The van der Waals surface area contributed by atoms with Crippen molar-refractivity contribution >= 4 is 5.97 Å². The smallest absolute Gasteiger partial charge is 0.392 e. The summed E-state index contributed by atoms with van der Waals surface area (Å²) in [5, 5.41) is 8.37. The summed E-state index contributed by atoms with van der Waals surface area (Å²) in [6.07, 6.45) is -7.23. The van der Waals surface area contributed by atoms with E-state index in [9.17, 15) is 31.1 Å². The lowest BCUT2D eigenvalue weighted by Crippen LogP contribution is -2.28. The fourth-order valence-electron chi connectivity index (χ4n) is 1.50. The van der Waals surface area contributed by atoms with E-state index in [0.717, 1.165) is 0 Å². The molecule has 1 atom stereocenters. The molecule has 0 saturated carbocycles. The molecule has 0 aromatic heterocycles. The average Bonchev–Trinajstić information content (AvgIpc) is 2.27. The first-order chi connectivity index (χ1) is 8.62. The van der Waals surface area contributed by atoms with Crippen LogP contribution in [-0.2, 0) is 11.2 Å². The highest BCUT2D eigenvalue weighted by atomic mass is 19.4. The number of aliphatic carboxylic acids is 1. The Bertz CT molecular complexity index is 483. The maximum Gasteiger partial charge on any atom is 0.392 e. The number of hydrogen-bond acceptors (Lipinski definition) is 1. The molecule has 0 fully saturated rings. The number of carbonyl (C=O) groups is 1. The van der Waals surface area contributed by atoms with Crippen molar-refractivity contribution in [2.45, 2.75) is 19.0 Å². The number of alkyl halides is 3. The van der Waals surface area contributed by atoms with E-state index in [-0.39, 0.29) is 0 Å². The molecule has 0 saturated heterocycles. The molecule has 2 nitrogen and oxygen atoms in total. The first-order valence-electron chi connectivity index (χ1n) is 5.03. The summed E-state index contributed by atoms with van der Waals surface area (Å²) in [6, 6.07) is 1.15. The highest BCUT2D eigenvalue weighted by Gasteiger charge is 2.41. The van der Waals surface area contributed by atoms with Gasteiger partial charge in [-0.1, -0.05) is 6.07 Å². The second-order valence-corrected chi connectivity index (χ2v) is 3.87. The van der Waals surface area contributed by atoms with Gasteiger partial charge in [0.1, 0.15) is 0 Å². The topological polar surface area (TPSA) is 37.3 Å². The largest absolute Gasteiger partial charge is 0.481 e. The third-order valence-corrected chi connectivity index (χ3v) is 2.47. The fourth-order valence-corrected chi connectivity index (χ4v) is 1.50.